The Morgan fingerprint density at radius 3 is 1.60 bits per heavy atom. The largest absolute Gasteiger partial charge is 0.307 e. The number of carbonyl (C=O) groups excluding carboxylic acids is 1. The topological polar surface area (TPSA) is 139 Å². The minimum absolute atomic E-state index is 0.0224. The van der Waals surface area contributed by atoms with E-state index in [1.807, 2.05) is 13.8 Å². The second-order valence-corrected chi connectivity index (χ2v) is 14.4. The number of hydrogen-bond donors (Lipinski definition) is 1. The zero-order valence-electron chi connectivity index (χ0n) is 22.0. The van der Waals surface area contributed by atoms with Crippen molar-refractivity contribution < 1.29 is 31.5 Å². The number of nitro groups is 1. The Morgan fingerprint density at radius 2 is 1.20 bits per heavy atom. The van der Waals surface area contributed by atoms with Gasteiger partial charge in [-0.3, -0.25) is 14.9 Å². The number of benzene rings is 3. The number of rotatable bonds is 7. The van der Waals surface area contributed by atoms with Gasteiger partial charge in [0.1, 0.15) is 18.8 Å². The summed E-state index contributed by atoms with van der Waals surface area (Å²) in [5.41, 5.74) is 0.323. The number of quaternary nitrogens is 1. The summed E-state index contributed by atoms with van der Waals surface area (Å²) in [7, 11) is -8.00. The lowest BCUT2D eigenvalue weighted by Gasteiger charge is -2.49. The minimum Gasteiger partial charge on any atom is -0.307 e. The highest BCUT2D eigenvalue weighted by molar-refractivity contribution is 7.89. The Morgan fingerprint density at radius 1 is 0.775 bits per heavy atom. The van der Waals surface area contributed by atoms with Crippen LogP contribution in [0, 0.1) is 29.4 Å². The van der Waals surface area contributed by atoms with Crippen LogP contribution in [0.15, 0.2) is 82.6 Å². The average Bonchev–Trinajstić information content (AvgIpc) is 2.92. The molecule has 11 nitrogen and oxygen atoms in total. The molecule has 5 rings (SSSR count). The van der Waals surface area contributed by atoms with Gasteiger partial charge in [0.05, 0.1) is 21.3 Å². The van der Waals surface area contributed by atoms with E-state index in [0.717, 1.165) is 11.1 Å². The number of Topliss-reactive ketones (excluding diaryl/α,β-unsaturated/α-hetero) is 1. The molecule has 0 atom stereocenters. The van der Waals surface area contributed by atoms with E-state index in [4.69, 9.17) is 0 Å². The smallest absolute Gasteiger partial charge is 0.269 e. The fraction of sp³-hybridized carbons (Fsp3) is 0.296. The molecule has 0 saturated carbocycles. The van der Waals surface area contributed by atoms with Gasteiger partial charge in [-0.05, 0) is 50.2 Å². The first-order chi connectivity index (χ1) is 18.8. The van der Waals surface area contributed by atoms with E-state index in [0.29, 0.717) is 4.90 Å². The Labute approximate surface area is 232 Å². The van der Waals surface area contributed by atoms with E-state index >= 15 is 0 Å². The highest BCUT2D eigenvalue weighted by atomic mass is 32.2. The first-order valence-electron chi connectivity index (χ1n) is 12.6. The lowest BCUT2D eigenvalue weighted by Crippen LogP contribution is -3.20. The van der Waals surface area contributed by atoms with E-state index in [9.17, 15) is 31.7 Å². The SMILES string of the molecule is Cc1ccc(S(=O)(=O)N2C[NH+]3CN(S(=O)(=O)c4ccc(C)cc4)CC(C(=O)c4ccc([N+](=O)[O-])cc4)(C2)C3)cc1. The molecular weight excluding hydrogens is 556 g/mol. The second-order valence-electron chi connectivity index (χ2n) is 10.5. The lowest BCUT2D eigenvalue weighted by atomic mass is 9.77. The normalized spacial score (nSPS) is 22.1. The first kappa shape index (κ1) is 28.1. The molecule has 3 aromatic carbocycles. The van der Waals surface area contributed by atoms with Crippen LogP contribution in [0.5, 0.6) is 0 Å². The standard InChI is InChI=1S/C27H28N4O7S2/c1-20-3-11-24(12-4-20)39(35,36)29-16-27(26(32)22-7-9-23(10-8-22)31(33)34)15-28(18-29)19-30(17-27)40(37,38)25-13-5-21(2)6-14-25/h3-14H,15-19H2,1-2H3/p+1. The fourth-order valence-electron chi connectivity index (χ4n) is 5.41. The highest BCUT2D eigenvalue weighted by Crippen LogP contribution is 2.33. The molecule has 1 N–H and O–H groups in total. The molecular formula is C27H29N4O7S2+. The summed E-state index contributed by atoms with van der Waals surface area (Å²) >= 11 is 0. The zero-order chi connectivity index (χ0) is 28.9. The molecule has 2 fully saturated rings. The predicted octanol–water partition coefficient (Wildman–Crippen LogP) is 1.59. The quantitative estimate of drug-likeness (QED) is 0.252. The Kier molecular flexibility index (Phi) is 7.13. The number of fused-ring (bicyclic) bond motifs is 2. The molecule has 13 heteroatoms. The number of nitrogens with one attached hydrogen (secondary N) is 1. The van der Waals surface area contributed by atoms with Crippen LogP contribution in [0.1, 0.15) is 21.5 Å². The van der Waals surface area contributed by atoms with Crippen molar-refractivity contribution in [2.75, 3.05) is 33.0 Å². The molecule has 0 radical (unpaired) electrons. The van der Waals surface area contributed by atoms with E-state index in [-0.39, 0.29) is 54.0 Å². The molecule has 3 aromatic rings. The minimum atomic E-state index is -4.00. The predicted molar refractivity (Wildman–Crippen MR) is 146 cm³/mol. The van der Waals surface area contributed by atoms with E-state index in [2.05, 4.69) is 0 Å². The van der Waals surface area contributed by atoms with Crippen LogP contribution in [0.2, 0.25) is 0 Å². The third-order valence-corrected chi connectivity index (χ3v) is 11.1. The number of nitrogens with zero attached hydrogens (tertiary/aromatic N) is 3. The monoisotopic (exact) mass is 585 g/mol. The van der Waals surface area contributed by atoms with E-state index in [1.54, 1.807) is 24.3 Å². The van der Waals surface area contributed by atoms with Crippen molar-refractivity contribution in [1.29, 1.82) is 0 Å². The number of carbonyl (C=O) groups is 1. The molecule has 0 aliphatic carbocycles. The van der Waals surface area contributed by atoms with Crippen molar-refractivity contribution in [3.8, 4) is 0 Å². The molecule has 0 aromatic heterocycles. The Balaban J connectivity index is 1.56. The molecule has 2 bridgehead atoms. The van der Waals surface area contributed by atoms with Crippen LogP contribution in [0.3, 0.4) is 0 Å². The first-order valence-corrected chi connectivity index (χ1v) is 15.5. The summed E-state index contributed by atoms with van der Waals surface area (Å²) in [6.07, 6.45) is 0. The number of non-ortho nitro benzene ring substituents is 1. The second kappa shape index (κ2) is 10.2. The number of sulfonamides is 2. The van der Waals surface area contributed by atoms with Crippen molar-refractivity contribution in [2.24, 2.45) is 5.41 Å². The van der Waals surface area contributed by atoms with Crippen LogP contribution in [0.25, 0.3) is 0 Å². The molecule has 2 saturated heterocycles. The van der Waals surface area contributed by atoms with Gasteiger partial charge in [-0.15, -0.1) is 8.61 Å². The van der Waals surface area contributed by atoms with Gasteiger partial charge in [-0.1, -0.05) is 35.4 Å². The maximum atomic E-state index is 14.1. The number of hydrogen-bond acceptors (Lipinski definition) is 7. The summed E-state index contributed by atoms with van der Waals surface area (Å²) in [6.45, 7) is 3.39. The van der Waals surface area contributed by atoms with Gasteiger partial charge in [-0.25, -0.2) is 16.8 Å². The summed E-state index contributed by atoms with van der Waals surface area (Å²) in [5.74, 6) is -0.465. The average molecular weight is 586 g/mol. The summed E-state index contributed by atoms with van der Waals surface area (Å²) in [4.78, 5) is 25.4. The van der Waals surface area contributed by atoms with Crippen LogP contribution in [-0.4, -0.2) is 69.1 Å². The molecule has 2 aliphatic heterocycles. The zero-order valence-corrected chi connectivity index (χ0v) is 23.6. The van der Waals surface area contributed by atoms with Gasteiger partial charge in [0.2, 0.25) is 20.0 Å². The third kappa shape index (κ3) is 5.06. The molecule has 2 heterocycles. The van der Waals surface area contributed by atoms with Crippen molar-refractivity contribution >= 4 is 31.5 Å². The highest BCUT2D eigenvalue weighted by Gasteiger charge is 2.56. The van der Waals surface area contributed by atoms with Crippen LogP contribution >= 0.6 is 0 Å². The van der Waals surface area contributed by atoms with Crippen molar-refractivity contribution in [3.63, 3.8) is 0 Å². The van der Waals surface area contributed by atoms with Gasteiger partial charge in [0, 0.05) is 30.8 Å². The fourth-order valence-corrected chi connectivity index (χ4v) is 8.51. The molecule has 210 valence electrons. The third-order valence-electron chi connectivity index (χ3n) is 7.49. The maximum Gasteiger partial charge on any atom is 0.269 e. The molecule has 40 heavy (non-hydrogen) atoms. The Hall–Kier alpha value is -3.49. The van der Waals surface area contributed by atoms with Crippen molar-refractivity contribution in [3.05, 3.63) is 99.6 Å². The van der Waals surface area contributed by atoms with Gasteiger partial charge >= 0.3 is 0 Å². The van der Waals surface area contributed by atoms with E-state index < -0.39 is 36.2 Å². The van der Waals surface area contributed by atoms with Crippen LogP contribution in [-0.2, 0) is 20.0 Å². The number of nitro benzene ring substituents is 1. The lowest BCUT2D eigenvalue weighted by molar-refractivity contribution is -0.934. The molecule has 0 unspecified atom stereocenters. The molecule has 0 spiro atoms. The van der Waals surface area contributed by atoms with Crippen molar-refractivity contribution in [2.45, 2.75) is 23.6 Å². The molecule has 2 aliphatic rings. The van der Waals surface area contributed by atoms with Crippen LogP contribution in [0.4, 0.5) is 5.69 Å². The van der Waals surface area contributed by atoms with Crippen molar-refractivity contribution in [1.82, 2.24) is 8.61 Å². The van der Waals surface area contributed by atoms with Gasteiger partial charge < -0.3 is 4.90 Å². The summed E-state index contributed by atoms with van der Waals surface area (Å²) in [5, 5.41) is 11.1. The summed E-state index contributed by atoms with van der Waals surface area (Å²) < 4.78 is 57.2. The summed E-state index contributed by atoms with van der Waals surface area (Å²) in [6, 6.07) is 17.9. The van der Waals surface area contributed by atoms with Gasteiger partial charge in [0.15, 0.2) is 5.78 Å². The van der Waals surface area contributed by atoms with E-state index in [1.165, 1.54) is 57.1 Å². The molecule has 0 amide bonds. The van der Waals surface area contributed by atoms with Gasteiger partial charge in [0.25, 0.3) is 5.69 Å². The number of ketones is 1. The number of aryl methyl sites for hydroxylation is 2. The van der Waals surface area contributed by atoms with Crippen LogP contribution < -0.4 is 4.90 Å². The maximum absolute atomic E-state index is 14.1. The Bertz CT molecular complexity index is 1580. The van der Waals surface area contributed by atoms with Gasteiger partial charge in [-0.2, -0.15) is 0 Å².